The second-order valence-corrected chi connectivity index (χ2v) is 6.13. The van der Waals surface area contributed by atoms with E-state index in [1.165, 1.54) is 22.3 Å². The molecule has 0 aromatic heterocycles. The minimum absolute atomic E-state index is 1.15. The van der Waals surface area contributed by atoms with E-state index < -0.39 is 0 Å². The molecule has 0 N–H and O–H groups in total. The molecule has 0 atom stereocenters. The Bertz CT molecular complexity index is 615. The lowest BCUT2D eigenvalue weighted by Gasteiger charge is -2.01. The molecule has 0 bridgehead atoms. The van der Waals surface area contributed by atoms with Crippen molar-refractivity contribution in [2.75, 3.05) is 0 Å². The summed E-state index contributed by atoms with van der Waals surface area (Å²) in [4.78, 5) is 0. The van der Waals surface area contributed by atoms with E-state index in [0.717, 1.165) is 25.7 Å². The van der Waals surface area contributed by atoms with Crippen molar-refractivity contribution >= 4 is 0 Å². The molecule has 0 heteroatoms. The summed E-state index contributed by atoms with van der Waals surface area (Å²) < 4.78 is 0. The predicted octanol–water partition coefficient (Wildman–Crippen LogP) is 7.01. The number of allylic oxidation sites excluding steroid dienone is 4. The van der Waals surface area contributed by atoms with Crippen molar-refractivity contribution in [1.82, 2.24) is 0 Å². The molecule has 128 valence electrons. The van der Waals surface area contributed by atoms with Crippen LogP contribution in [0.2, 0.25) is 0 Å². The van der Waals surface area contributed by atoms with Crippen LogP contribution in [0.3, 0.4) is 0 Å². The average molecular weight is 321 g/mol. The van der Waals surface area contributed by atoms with Gasteiger partial charge in [-0.05, 0) is 70.1 Å². The molecule has 24 heavy (non-hydrogen) atoms. The second kappa shape index (κ2) is 12.4. The van der Waals surface area contributed by atoms with Gasteiger partial charge in [0.2, 0.25) is 0 Å². The van der Waals surface area contributed by atoms with E-state index >= 15 is 0 Å². The van der Waals surface area contributed by atoms with Gasteiger partial charge in [0, 0.05) is 0 Å². The first-order valence-electron chi connectivity index (χ1n) is 8.99. The quantitative estimate of drug-likeness (QED) is 0.502. The molecule has 0 fully saturated rings. The molecule has 2 aromatic rings. The lowest BCUT2D eigenvalue weighted by molar-refractivity contribution is 0.985. The standard InChI is InChI=1S/2C12H16/c1-3-4-5-9-12-10-7-6-8-11(12)2;1-3-4-5-6-12-9-7-11(2)8-10-12/h3-4,6-8,10H,5,9H2,1-2H3;3-4,7-10H,5-6H2,1-2H3. The van der Waals surface area contributed by atoms with E-state index in [0.29, 0.717) is 0 Å². The largest absolute Gasteiger partial charge is 0.0917 e. The van der Waals surface area contributed by atoms with Crippen LogP contribution in [0.25, 0.3) is 0 Å². The van der Waals surface area contributed by atoms with E-state index in [1.807, 2.05) is 0 Å². The molecule has 0 aliphatic carbocycles. The van der Waals surface area contributed by atoms with Crippen LogP contribution in [0.15, 0.2) is 72.8 Å². The molecular weight excluding hydrogens is 288 g/mol. The van der Waals surface area contributed by atoms with Gasteiger partial charge >= 0.3 is 0 Å². The first kappa shape index (κ1) is 20.0. The fourth-order valence-corrected chi connectivity index (χ4v) is 2.47. The molecule has 0 heterocycles. The predicted molar refractivity (Wildman–Crippen MR) is 109 cm³/mol. The minimum atomic E-state index is 1.15. The lowest BCUT2D eigenvalue weighted by Crippen LogP contribution is -1.86. The van der Waals surface area contributed by atoms with Gasteiger partial charge in [0.1, 0.15) is 0 Å². The Morgan fingerprint density at radius 2 is 1.29 bits per heavy atom. The third-order valence-electron chi connectivity index (χ3n) is 4.03. The molecule has 0 nitrogen and oxygen atoms in total. The molecule has 2 rings (SSSR count). The summed E-state index contributed by atoms with van der Waals surface area (Å²) in [6, 6.07) is 17.3. The molecule has 0 unspecified atom stereocenters. The smallest absolute Gasteiger partial charge is 0.0242 e. The van der Waals surface area contributed by atoms with Crippen LogP contribution < -0.4 is 0 Å². The third-order valence-corrected chi connectivity index (χ3v) is 4.03. The van der Waals surface area contributed by atoms with Gasteiger partial charge in [-0.2, -0.15) is 0 Å². The molecule has 0 spiro atoms. The van der Waals surface area contributed by atoms with Crippen molar-refractivity contribution in [2.45, 2.75) is 53.4 Å². The van der Waals surface area contributed by atoms with E-state index in [1.54, 1.807) is 0 Å². The van der Waals surface area contributed by atoms with Gasteiger partial charge in [-0.15, -0.1) is 0 Å². The highest BCUT2D eigenvalue weighted by Crippen LogP contribution is 2.09. The number of benzene rings is 2. The Hall–Kier alpha value is -2.08. The Kier molecular flexibility index (Phi) is 10.3. The van der Waals surface area contributed by atoms with E-state index in [-0.39, 0.29) is 0 Å². The summed E-state index contributed by atoms with van der Waals surface area (Å²) in [7, 11) is 0. The number of hydrogen-bond donors (Lipinski definition) is 0. The summed E-state index contributed by atoms with van der Waals surface area (Å²) >= 11 is 0. The van der Waals surface area contributed by atoms with Gasteiger partial charge in [0.25, 0.3) is 0 Å². The zero-order valence-corrected chi connectivity index (χ0v) is 15.8. The van der Waals surface area contributed by atoms with Crippen LogP contribution in [-0.2, 0) is 12.8 Å². The molecule has 0 aliphatic rings. The fraction of sp³-hybridized carbons (Fsp3) is 0.333. The second-order valence-electron chi connectivity index (χ2n) is 6.13. The average Bonchev–Trinajstić information content (AvgIpc) is 2.59. The van der Waals surface area contributed by atoms with Gasteiger partial charge in [0.05, 0.1) is 0 Å². The van der Waals surface area contributed by atoms with Crippen LogP contribution in [0.1, 0.15) is 48.9 Å². The summed E-state index contributed by atoms with van der Waals surface area (Å²) in [6.45, 7) is 8.42. The van der Waals surface area contributed by atoms with Crippen molar-refractivity contribution in [3.05, 3.63) is 95.1 Å². The summed E-state index contributed by atoms with van der Waals surface area (Å²) in [5.41, 5.74) is 5.64. The first-order chi connectivity index (χ1) is 11.7. The van der Waals surface area contributed by atoms with Crippen LogP contribution in [0.5, 0.6) is 0 Å². The molecule has 0 saturated heterocycles. The van der Waals surface area contributed by atoms with Crippen molar-refractivity contribution in [2.24, 2.45) is 0 Å². The van der Waals surface area contributed by atoms with Crippen LogP contribution in [-0.4, -0.2) is 0 Å². The monoisotopic (exact) mass is 320 g/mol. The van der Waals surface area contributed by atoms with Gasteiger partial charge in [-0.1, -0.05) is 78.4 Å². The highest BCUT2D eigenvalue weighted by Gasteiger charge is 1.93. The topological polar surface area (TPSA) is 0 Å². The van der Waals surface area contributed by atoms with Gasteiger partial charge < -0.3 is 0 Å². The minimum Gasteiger partial charge on any atom is -0.0917 e. The lowest BCUT2D eigenvalue weighted by atomic mass is 10.0. The zero-order valence-electron chi connectivity index (χ0n) is 15.8. The number of rotatable bonds is 6. The van der Waals surface area contributed by atoms with E-state index in [2.05, 4.69) is 101 Å². The van der Waals surface area contributed by atoms with Crippen LogP contribution in [0.4, 0.5) is 0 Å². The maximum absolute atomic E-state index is 2.21. The zero-order chi connectivity index (χ0) is 17.6. The Labute approximate surface area is 148 Å². The number of aryl methyl sites for hydroxylation is 4. The van der Waals surface area contributed by atoms with E-state index in [9.17, 15) is 0 Å². The Morgan fingerprint density at radius 3 is 1.88 bits per heavy atom. The SMILES string of the molecule is CC=CCCc1ccc(C)cc1.CC=CCCc1ccccc1C. The normalized spacial score (nSPS) is 10.8. The molecular formula is C24H32. The van der Waals surface area contributed by atoms with Crippen molar-refractivity contribution in [3.8, 4) is 0 Å². The molecule has 0 amide bonds. The van der Waals surface area contributed by atoms with Crippen molar-refractivity contribution in [3.63, 3.8) is 0 Å². The van der Waals surface area contributed by atoms with Crippen molar-refractivity contribution < 1.29 is 0 Å². The van der Waals surface area contributed by atoms with Crippen LogP contribution in [0, 0.1) is 13.8 Å². The van der Waals surface area contributed by atoms with Crippen LogP contribution >= 0.6 is 0 Å². The maximum Gasteiger partial charge on any atom is -0.0242 e. The van der Waals surface area contributed by atoms with Gasteiger partial charge in [0.15, 0.2) is 0 Å². The summed E-state index contributed by atoms with van der Waals surface area (Å²) in [6.07, 6.45) is 13.3. The van der Waals surface area contributed by atoms with Gasteiger partial charge in [-0.25, -0.2) is 0 Å². The molecule has 2 aromatic carbocycles. The highest BCUT2D eigenvalue weighted by molar-refractivity contribution is 5.25. The van der Waals surface area contributed by atoms with Gasteiger partial charge in [-0.3, -0.25) is 0 Å². The summed E-state index contributed by atoms with van der Waals surface area (Å²) in [5, 5.41) is 0. The Morgan fingerprint density at radius 1 is 0.708 bits per heavy atom. The fourth-order valence-electron chi connectivity index (χ4n) is 2.47. The molecule has 0 aliphatic heterocycles. The van der Waals surface area contributed by atoms with Crippen molar-refractivity contribution in [1.29, 1.82) is 0 Å². The summed E-state index contributed by atoms with van der Waals surface area (Å²) in [5.74, 6) is 0. The highest BCUT2D eigenvalue weighted by atomic mass is 14.0. The van der Waals surface area contributed by atoms with E-state index in [4.69, 9.17) is 0 Å². The number of hydrogen-bond acceptors (Lipinski definition) is 0. The maximum atomic E-state index is 2.21. The molecule has 0 radical (unpaired) electrons. The third kappa shape index (κ3) is 8.53. The Balaban J connectivity index is 0.000000240. The first-order valence-corrected chi connectivity index (χ1v) is 8.99. The molecule has 0 saturated carbocycles.